The fraction of sp³-hybridized carbons (Fsp3) is 0.0800. The van der Waals surface area contributed by atoms with Crippen molar-refractivity contribution in [1.82, 2.24) is 5.32 Å². The van der Waals surface area contributed by atoms with Crippen LogP contribution in [0, 0.1) is 0 Å². The zero-order chi connectivity index (χ0) is 25.4. The summed E-state index contributed by atoms with van der Waals surface area (Å²) in [6.45, 7) is 0.407. The summed E-state index contributed by atoms with van der Waals surface area (Å²) in [4.78, 5) is 27.3. The first kappa shape index (κ1) is 24.6. The van der Waals surface area contributed by atoms with Crippen molar-refractivity contribution in [3.63, 3.8) is 0 Å². The van der Waals surface area contributed by atoms with Crippen LogP contribution in [-0.2, 0) is 16.2 Å². The average molecular weight is 606 g/mol. The standard InChI is InChI=1S/C25H15BrCl2N2O5S/c26-15-5-7-19(33-11-13-4-6-20-21(8-13)35-12-34-20)14(9-15)10-16-23(31)29-25(36)30(24(16)32)18-3-1-2-17(27)22(18)28/h1-10H,11-12H2,(H,29,31,36)/b16-10+. The molecule has 0 atom stereocenters. The number of nitrogens with one attached hydrogen (secondary N) is 1. The van der Waals surface area contributed by atoms with Gasteiger partial charge in [-0.3, -0.25) is 19.8 Å². The molecular weight excluding hydrogens is 591 g/mol. The molecule has 3 aromatic rings. The zero-order valence-corrected chi connectivity index (χ0v) is 22.1. The Kier molecular flexibility index (Phi) is 6.90. The maximum atomic E-state index is 13.4. The molecule has 5 rings (SSSR count). The summed E-state index contributed by atoms with van der Waals surface area (Å²) < 4.78 is 17.5. The van der Waals surface area contributed by atoms with E-state index < -0.39 is 11.8 Å². The average Bonchev–Trinajstić information content (AvgIpc) is 3.32. The van der Waals surface area contributed by atoms with E-state index in [1.165, 1.54) is 6.08 Å². The summed E-state index contributed by atoms with van der Waals surface area (Å²) in [6.07, 6.45) is 1.45. The molecule has 2 heterocycles. The lowest BCUT2D eigenvalue weighted by atomic mass is 10.1. The topological polar surface area (TPSA) is 77.1 Å². The molecule has 0 spiro atoms. The van der Waals surface area contributed by atoms with E-state index in [1.54, 1.807) is 36.4 Å². The van der Waals surface area contributed by atoms with Crippen LogP contribution >= 0.6 is 51.3 Å². The van der Waals surface area contributed by atoms with E-state index >= 15 is 0 Å². The van der Waals surface area contributed by atoms with Crippen molar-refractivity contribution in [2.45, 2.75) is 6.61 Å². The van der Waals surface area contributed by atoms with Crippen LogP contribution in [0.25, 0.3) is 6.08 Å². The number of amides is 2. The molecule has 1 saturated heterocycles. The fourth-order valence-electron chi connectivity index (χ4n) is 3.65. The SMILES string of the molecule is O=C1NC(=S)N(c2cccc(Cl)c2Cl)C(=O)/C1=C/c1cc(Br)ccc1OCc1ccc2c(c1)OCO2. The number of fused-ring (bicyclic) bond motifs is 1. The predicted molar refractivity (Wildman–Crippen MR) is 144 cm³/mol. The molecule has 0 aliphatic carbocycles. The van der Waals surface area contributed by atoms with Gasteiger partial charge in [-0.15, -0.1) is 0 Å². The van der Waals surface area contributed by atoms with E-state index in [9.17, 15) is 9.59 Å². The molecular formula is C25H15BrCl2N2O5S. The smallest absolute Gasteiger partial charge is 0.270 e. The second kappa shape index (κ2) is 10.1. The van der Waals surface area contributed by atoms with Gasteiger partial charge in [0.25, 0.3) is 11.8 Å². The predicted octanol–water partition coefficient (Wildman–Crippen LogP) is 5.89. The highest BCUT2D eigenvalue weighted by Crippen LogP contribution is 2.36. The highest BCUT2D eigenvalue weighted by atomic mass is 79.9. The molecule has 7 nitrogen and oxygen atoms in total. The van der Waals surface area contributed by atoms with Gasteiger partial charge in [-0.05, 0) is 66.3 Å². The molecule has 0 aromatic heterocycles. The molecule has 2 aliphatic heterocycles. The molecule has 36 heavy (non-hydrogen) atoms. The lowest BCUT2D eigenvalue weighted by Crippen LogP contribution is -2.54. The van der Waals surface area contributed by atoms with Crippen molar-refractivity contribution in [1.29, 1.82) is 0 Å². The molecule has 0 radical (unpaired) electrons. The summed E-state index contributed by atoms with van der Waals surface area (Å²) in [6, 6.07) is 15.6. The third-order valence-electron chi connectivity index (χ3n) is 5.38. The van der Waals surface area contributed by atoms with Gasteiger partial charge in [0.05, 0.1) is 15.7 Å². The molecule has 1 fully saturated rings. The Morgan fingerprint density at radius 1 is 1.08 bits per heavy atom. The lowest BCUT2D eigenvalue weighted by Gasteiger charge is -2.29. The molecule has 182 valence electrons. The maximum Gasteiger partial charge on any atom is 0.270 e. The van der Waals surface area contributed by atoms with E-state index in [-0.39, 0.29) is 39.8 Å². The van der Waals surface area contributed by atoms with E-state index in [4.69, 9.17) is 49.6 Å². The lowest BCUT2D eigenvalue weighted by molar-refractivity contribution is -0.122. The summed E-state index contributed by atoms with van der Waals surface area (Å²) >= 11 is 21.1. The Morgan fingerprint density at radius 3 is 2.72 bits per heavy atom. The number of rotatable bonds is 5. The van der Waals surface area contributed by atoms with Gasteiger partial charge in [-0.1, -0.05) is 51.3 Å². The molecule has 0 bridgehead atoms. The Morgan fingerprint density at radius 2 is 1.89 bits per heavy atom. The maximum absolute atomic E-state index is 13.4. The second-order valence-corrected chi connectivity index (χ2v) is 9.78. The highest BCUT2D eigenvalue weighted by Gasteiger charge is 2.36. The van der Waals surface area contributed by atoms with Crippen molar-refractivity contribution in [3.8, 4) is 17.2 Å². The van der Waals surface area contributed by atoms with Crippen LogP contribution in [0.1, 0.15) is 11.1 Å². The third-order valence-corrected chi connectivity index (χ3v) is 6.96. The zero-order valence-electron chi connectivity index (χ0n) is 18.2. The van der Waals surface area contributed by atoms with Crippen molar-refractivity contribution in [3.05, 3.63) is 85.8 Å². The first-order chi connectivity index (χ1) is 17.3. The van der Waals surface area contributed by atoms with E-state index in [0.29, 0.717) is 22.8 Å². The minimum Gasteiger partial charge on any atom is -0.488 e. The Balaban J connectivity index is 1.46. The Hall–Kier alpha value is -3.11. The fourth-order valence-corrected chi connectivity index (χ4v) is 4.69. The molecule has 3 aromatic carbocycles. The Bertz CT molecular complexity index is 1460. The number of anilines is 1. The molecule has 2 aliphatic rings. The van der Waals surface area contributed by atoms with Crippen LogP contribution in [0.5, 0.6) is 17.2 Å². The largest absolute Gasteiger partial charge is 0.488 e. The van der Waals surface area contributed by atoms with Crippen molar-refractivity contribution in [2.24, 2.45) is 0 Å². The van der Waals surface area contributed by atoms with Gasteiger partial charge in [-0.2, -0.15) is 0 Å². The molecule has 11 heteroatoms. The molecule has 1 N–H and O–H groups in total. The number of nitrogens with zero attached hydrogens (tertiary/aromatic N) is 1. The minimum absolute atomic E-state index is 0.0974. The number of hydrogen-bond donors (Lipinski definition) is 1. The second-order valence-electron chi connectivity index (χ2n) is 7.69. The van der Waals surface area contributed by atoms with Gasteiger partial charge < -0.3 is 14.2 Å². The van der Waals surface area contributed by atoms with Gasteiger partial charge in [-0.25, -0.2) is 0 Å². The number of carbonyl (C=O) groups excluding carboxylic acids is 2. The monoisotopic (exact) mass is 604 g/mol. The van der Waals surface area contributed by atoms with Crippen molar-refractivity contribution < 1.29 is 23.8 Å². The van der Waals surface area contributed by atoms with E-state index in [2.05, 4.69) is 21.2 Å². The summed E-state index contributed by atoms with van der Waals surface area (Å²) in [7, 11) is 0. The van der Waals surface area contributed by atoms with Gasteiger partial charge in [0.15, 0.2) is 16.6 Å². The summed E-state index contributed by atoms with van der Waals surface area (Å²) in [5.74, 6) is 0.506. The normalized spacial score (nSPS) is 15.9. The molecule has 2 amide bonds. The number of ether oxygens (including phenoxy) is 3. The van der Waals surface area contributed by atoms with Gasteiger partial charge in [0, 0.05) is 10.0 Å². The first-order valence-electron chi connectivity index (χ1n) is 10.5. The summed E-state index contributed by atoms with van der Waals surface area (Å²) in [5.41, 5.74) is 1.48. The number of hydrogen-bond acceptors (Lipinski definition) is 6. The van der Waals surface area contributed by atoms with Gasteiger partial charge in [0.1, 0.15) is 17.9 Å². The number of halogens is 3. The van der Waals surface area contributed by atoms with Crippen LogP contribution in [0.15, 0.2) is 64.6 Å². The highest BCUT2D eigenvalue weighted by molar-refractivity contribution is 9.10. The van der Waals surface area contributed by atoms with Gasteiger partial charge in [0.2, 0.25) is 6.79 Å². The van der Waals surface area contributed by atoms with Crippen LogP contribution in [0.3, 0.4) is 0 Å². The third kappa shape index (κ3) is 4.79. The molecule has 0 saturated carbocycles. The quantitative estimate of drug-likeness (QED) is 0.222. The van der Waals surface area contributed by atoms with Crippen LogP contribution < -0.4 is 24.4 Å². The number of carbonyl (C=O) groups is 2. The number of benzene rings is 3. The number of thiocarbonyl (C=S) groups is 1. The van der Waals surface area contributed by atoms with Crippen LogP contribution in [0.4, 0.5) is 5.69 Å². The van der Waals surface area contributed by atoms with Crippen LogP contribution in [0.2, 0.25) is 10.0 Å². The van der Waals surface area contributed by atoms with Crippen molar-refractivity contribution in [2.75, 3.05) is 11.7 Å². The minimum atomic E-state index is -0.644. The molecule has 0 unspecified atom stereocenters. The van der Waals surface area contributed by atoms with Gasteiger partial charge >= 0.3 is 0 Å². The van der Waals surface area contributed by atoms with Crippen molar-refractivity contribution >= 4 is 80.0 Å². The Labute approximate surface area is 229 Å². The van der Waals surface area contributed by atoms with E-state index in [1.807, 2.05) is 18.2 Å². The summed E-state index contributed by atoms with van der Waals surface area (Å²) in [5, 5.41) is 2.83. The van der Waals surface area contributed by atoms with Crippen LogP contribution in [-0.4, -0.2) is 23.7 Å². The first-order valence-corrected chi connectivity index (χ1v) is 12.4. The van der Waals surface area contributed by atoms with E-state index in [0.717, 1.165) is 14.9 Å².